The van der Waals surface area contributed by atoms with Crippen LogP contribution in [-0.2, 0) is 13.1 Å². The quantitative estimate of drug-likeness (QED) is 0.434. The number of benzene rings is 2. The van der Waals surface area contributed by atoms with E-state index >= 15 is 0 Å². The molecule has 2 aromatic carbocycles. The van der Waals surface area contributed by atoms with E-state index in [1.54, 1.807) is 0 Å². The third-order valence-electron chi connectivity index (χ3n) is 5.35. The topological polar surface area (TPSA) is 12.7 Å². The SMILES string of the molecule is c1ccc(-c2c3n4[n+](c2-c2ccccc2)Cc2ccc[n+](c2-4)C3)cc1. The van der Waals surface area contributed by atoms with E-state index in [2.05, 4.69) is 92.9 Å². The highest BCUT2D eigenvalue weighted by atomic mass is 15.5. The second-order valence-electron chi connectivity index (χ2n) is 6.76. The summed E-state index contributed by atoms with van der Waals surface area (Å²) in [6, 6.07) is 26.0. The lowest BCUT2D eigenvalue weighted by Crippen LogP contribution is -2.40. The Labute approximate surface area is 146 Å². The lowest BCUT2D eigenvalue weighted by Gasteiger charge is -2.00. The van der Waals surface area contributed by atoms with E-state index in [0.717, 1.165) is 13.1 Å². The molecule has 0 saturated heterocycles. The van der Waals surface area contributed by atoms with Crippen LogP contribution in [0.1, 0.15) is 11.3 Å². The van der Waals surface area contributed by atoms with Crippen molar-refractivity contribution in [2.24, 2.45) is 0 Å². The van der Waals surface area contributed by atoms with E-state index in [1.807, 2.05) is 0 Å². The molecule has 0 saturated carbocycles. The van der Waals surface area contributed by atoms with Crippen LogP contribution in [0.25, 0.3) is 28.2 Å². The van der Waals surface area contributed by atoms with Gasteiger partial charge in [-0.25, -0.2) is 4.57 Å². The zero-order valence-corrected chi connectivity index (χ0v) is 13.8. The number of rotatable bonds is 2. The Bertz CT molecular complexity index is 1040. The minimum atomic E-state index is 0.931. The fourth-order valence-electron chi connectivity index (χ4n) is 4.38. The van der Waals surface area contributed by atoms with Crippen molar-refractivity contribution in [3.63, 3.8) is 0 Å². The van der Waals surface area contributed by atoms with Gasteiger partial charge in [0.25, 0.3) is 5.69 Å². The first-order chi connectivity index (χ1) is 12.4. The lowest BCUT2D eigenvalue weighted by molar-refractivity contribution is -0.747. The van der Waals surface area contributed by atoms with Gasteiger partial charge in [0.1, 0.15) is 11.1 Å². The second kappa shape index (κ2) is 4.67. The molecule has 0 radical (unpaired) electrons. The van der Waals surface area contributed by atoms with Gasteiger partial charge in [-0.1, -0.05) is 48.5 Å². The van der Waals surface area contributed by atoms with Crippen molar-refractivity contribution in [2.45, 2.75) is 13.1 Å². The first kappa shape index (κ1) is 13.1. The Morgan fingerprint density at radius 1 is 0.720 bits per heavy atom. The average Bonchev–Trinajstić information content (AvgIpc) is 3.32. The Balaban J connectivity index is 1.73. The van der Waals surface area contributed by atoms with Gasteiger partial charge in [0.15, 0.2) is 6.54 Å². The minimum Gasteiger partial charge on any atom is -0.221 e. The highest BCUT2D eigenvalue weighted by molar-refractivity contribution is 5.81. The van der Waals surface area contributed by atoms with E-state index < -0.39 is 0 Å². The van der Waals surface area contributed by atoms with Gasteiger partial charge in [0.05, 0.1) is 11.8 Å². The molecular weight excluding hydrogens is 306 g/mol. The van der Waals surface area contributed by atoms with Gasteiger partial charge in [-0.05, 0) is 34.5 Å². The van der Waals surface area contributed by atoms with Gasteiger partial charge in [0, 0.05) is 4.68 Å². The molecule has 3 heteroatoms. The predicted molar refractivity (Wildman–Crippen MR) is 95.2 cm³/mol. The predicted octanol–water partition coefficient (Wildman–Crippen LogP) is 3.11. The largest absolute Gasteiger partial charge is 0.353 e. The summed E-state index contributed by atoms with van der Waals surface area (Å²) in [6.07, 6.45) is 2.19. The van der Waals surface area contributed by atoms with Gasteiger partial charge >= 0.3 is 5.82 Å². The molecule has 0 unspecified atom stereocenters. The molecule has 0 spiro atoms. The highest BCUT2D eigenvalue weighted by Gasteiger charge is 2.50. The first-order valence-electron chi connectivity index (χ1n) is 8.72. The summed E-state index contributed by atoms with van der Waals surface area (Å²) in [5.74, 6) is 1.33. The molecular formula is C22H17N3+2. The van der Waals surface area contributed by atoms with Gasteiger partial charge in [0.2, 0.25) is 12.2 Å². The Morgan fingerprint density at radius 3 is 2.20 bits per heavy atom. The molecule has 4 heterocycles. The summed E-state index contributed by atoms with van der Waals surface area (Å²) in [5.41, 5.74) is 8.04. The van der Waals surface area contributed by atoms with Crippen molar-refractivity contribution >= 4 is 0 Å². The van der Waals surface area contributed by atoms with Crippen LogP contribution in [-0.4, -0.2) is 4.68 Å². The van der Waals surface area contributed by atoms with Crippen LogP contribution in [0.4, 0.5) is 0 Å². The van der Waals surface area contributed by atoms with Crippen molar-refractivity contribution in [3.05, 3.63) is 90.3 Å². The molecule has 0 amide bonds. The number of nitrogens with zero attached hydrogens (tertiary/aromatic N) is 3. The maximum atomic E-state index is 2.45. The third kappa shape index (κ3) is 1.65. The molecule has 0 fully saturated rings. The van der Waals surface area contributed by atoms with E-state index in [9.17, 15) is 0 Å². The summed E-state index contributed by atoms with van der Waals surface area (Å²) in [7, 11) is 0. The standard InChI is InChI=1S/C22H17N3/c1-3-8-16(9-4-1)20-19-15-23-13-7-12-18-14-24(25(19)22(18)23)21(20)17-10-5-2-6-11-17/h1-13H,14-15H2/q+2. The monoisotopic (exact) mass is 323 g/mol. The van der Waals surface area contributed by atoms with Crippen molar-refractivity contribution in [1.82, 2.24) is 4.68 Å². The highest BCUT2D eigenvalue weighted by Crippen LogP contribution is 2.38. The number of pyridine rings is 1. The van der Waals surface area contributed by atoms with E-state index in [0.29, 0.717) is 0 Å². The summed E-state index contributed by atoms with van der Waals surface area (Å²) in [6.45, 7) is 1.86. The zero-order valence-electron chi connectivity index (χ0n) is 13.8. The van der Waals surface area contributed by atoms with Crippen LogP contribution in [0.15, 0.2) is 79.0 Å². The molecule has 4 aromatic rings. The molecule has 118 valence electrons. The van der Waals surface area contributed by atoms with Crippen LogP contribution in [0.2, 0.25) is 0 Å². The summed E-state index contributed by atoms with van der Waals surface area (Å²) in [4.78, 5) is 0. The lowest BCUT2D eigenvalue weighted by atomic mass is 9.98. The maximum absolute atomic E-state index is 2.45. The average molecular weight is 323 g/mol. The molecule has 3 nitrogen and oxygen atoms in total. The number of hydrogen-bond acceptors (Lipinski definition) is 0. The van der Waals surface area contributed by atoms with Crippen LogP contribution < -0.4 is 9.25 Å². The maximum Gasteiger partial charge on any atom is 0.353 e. The van der Waals surface area contributed by atoms with E-state index in [1.165, 1.54) is 39.5 Å². The van der Waals surface area contributed by atoms with Gasteiger partial charge < -0.3 is 0 Å². The minimum absolute atomic E-state index is 0.931. The smallest absolute Gasteiger partial charge is 0.221 e. The molecule has 6 rings (SSSR count). The van der Waals surface area contributed by atoms with E-state index in [4.69, 9.17) is 0 Å². The van der Waals surface area contributed by atoms with Crippen LogP contribution in [0, 0.1) is 0 Å². The second-order valence-corrected chi connectivity index (χ2v) is 6.76. The third-order valence-corrected chi connectivity index (χ3v) is 5.35. The fraction of sp³-hybridized carbons (Fsp3) is 0.0909. The normalized spacial score (nSPS) is 13.3. The van der Waals surface area contributed by atoms with Gasteiger partial charge in [-0.3, -0.25) is 0 Å². The molecule has 2 aliphatic rings. The molecule has 0 N–H and O–H groups in total. The Hall–Kier alpha value is -3.20. The molecule has 25 heavy (non-hydrogen) atoms. The molecule has 0 aliphatic carbocycles. The van der Waals surface area contributed by atoms with Crippen molar-refractivity contribution < 1.29 is 9.25 Å². The molecule has 0 atom stereocenters. The van der Waals surface area contributed by atoms with Crippen LogP contribution in [0.5, 0.6) is 0 Å². The first-order valence-corrected chi connectivity index (χ1v) is 8.72. The van der Waals surface area contributed by atoms with Gasteiger partial charge in [-0.2, -0.15) is 0 Å². The zero-order chi connectivity index (χ0) is 16.4. The molecule has 2 aromatic heterocycles. The van der Waals surface area contributed by atoms with Crippen molar-refractivity contribution in [2.75, 3.05) is 0 Å². The van der Waals surface area contributed by atoms with Crippen molar-refractivity contribution in [3.8, 4) is 28.2 Å². The number of hydrogen-bond donors (Lipinski definition) is 0. The van der Waals surface area contributed by atoms with E-state index in [-0.39, 0.29) is 0 Å². The van der Waals surface area contributed by atoms with Crippen molar-refractivity contribution in [1.29, 1.82) is 0 Å². The van der Waals surface area contributed by atoms with Crippen LogP contribution in [0.3, 0.4) is 0 Å². The summed E-state index contributed by atoms with van der Waals surface area (Å²) >= 11 is 0. The molecule has 0 bridgehead atoms. The fourth-order valence-corrected chi connectivity index (χ4v) is 4.38. The summed E-state index contributed by atoms with van der Waals surface area (Å²) < 4.78 is 7.25. The van der Waals surface area contributed by atoms with Crippen LogP contribution >= 0.6 is 0 Å². The summed E-state index contributed by atoms with van der Waals surface area (Å²) in [5, 5.41) is 0. The van der Waals surface area contributed by atoms with Gasteiger partial charge in [-0.15, -0.1) is 0 Å². The Morgan fingerprint density at radius 2 is 1.44 bits per heavy atom. The molecule has 2 aliphatic heterocycles. The Kier molecular flexibility index (Phi) is 2.45. The number of aromatic nitrogens is 3.